The molecule has 0 bridgehead atoms. The van der Waals surface area contributed by atoms with Crippen molar-refractivity contribution in [1.29, 1.82) is 0 Å². The van der Waals surface area contributed by atoms with E-state index in [1.54, 1.807) is 60.7 Å². The third-order valence-corrected chi connectivity index (χ3v) is 8.50. The fourth-order valence-corrected chi connectivity index (χ4v) is 5.86. The molecular weight excluding hydrogens is 640 g/mol. The van der Waals surface area contributed by atoms with Gasteiger partial charge in [0.2, 0.25) is 0 Å². The van der Waals surface area contributed by atoms with E-state index in [-0.39, 0.29) is 29.0 Å². The number of hydrogen-bond donors (Lipinski definition) is 2. The number of rotatable bonds is 12. The number of carboxylic acid groups (broad SMARTS) is 2. The lowest BCUT2D eigenvalue weighted by molar-refractivity contribution is -0.217. The van der Waals surface area contributed by atoms with E-state index in [1.165, 1.54) is 23.9 Å². The Morgan fingerprint density at radius 1 is 0.510 bits per heavy atom. The van der Waals surface area contributed by atoms with Crippen molar-refractivity contribution in [3.63, 3.8) is 0 Å². The van der Waals surface area contributed by atoms with Crippen LogP contribution in [0, 0.1) is 0 Å². The molecule has 0 aliphatic rings. The number of benzene rings is 6. The third-order valence-electron chi connectivity index (χ3n) is 7.48. The van der Waals surface area contributed by atoms with Crippen LogP contribution in [0.5, 0.6) is 11.5 Å². The number of aromatic carboxylic acids is 2. The molecule has 0 spiro atoms. The van der Waals surface area contributed by atoms with Gasteiger partial charge in [0, 0.05) is 9.79 Å². The van der Waals surface area contributed by atoms with Crippen LogP contribution < -0.4 is 9.62 Å². The normalized spacial score (nSPS) is 10.7. The number of carbonyl (C=O) groups is 3. The molecule has 0 heterocycles. The van der Waals surface area contributed by atoms with Crippen LogP contribution in [0.15, 0.2) is 155 Å². The van der Waals surface area contributed by atoms with Gasteiger partial charge in [0.15, 0.2) is 5.75 Å². The first kappa shape index (κ1) is 32.8. The molecule has 8 nitrogen and oxygen atoms in total. The number of hydrogen-bond acceptors (Lipinski definition) is 7. The molecular formula is C40H28O8S. The van der Waals surface area contributed by atoms with E-state index < -0.39 is 17.9 Å². The quantitative estimate of drug-likeness (QED) is 0.0569. The number of carboxylic acids is 2. The first-order chi connectivity index (χ1) is 23.8. The second-order valence-electron chi connectivity index (χ2n) is 10.8. The summed E-state index contributed by atoms with van der Waals surface area (Å²) in [7, 11) is 0. The lowest BCUT2D eigenvalue weighted by Gasteiger charge is -2.11. The Kier molecular flexibility index (Phi) is 10.1. The maximum absolute atomic E-state index is 13.1. The third kappa shape index (κ3) is 8.23. The van der Waals surface area contributed by atoms with Gasteiger partial charge in [-0.25, -0.2) is 14.4 Å². The standard InChI is InChI=1S/C40H28O8S/c41-38(42)35-21-11-28(26-7-3-1-4-8-26)23-30(35)25-46-48-32-15-19-34(20-16-32)49-33-17-13-31(14-18-33)47-40(45)37-24-29(12-22-36(37)39(43)44)27-9-5-2-6-10-27/h1-24H,25H2,(H,41,42)(H,43,44). The number of carbonyl (C=O) groups excluding carboxylic acids is 1. The Morgan fingerprint density at radius 2 is 1.02 bits per heavy atom. The lowest BCUT2D eigenvalue weighted by atomic mass is 9.99. The molecule has 49 heavy (non-hydrogen) atoms. The highest BCUT2D eigenvalue weighted by Gasteiger charge is 2.20. The van der Waals surface area contributed by atoms with Gasteiger partial charge in [-0.15, -0.1) is 0 Å². The van der Waals surface area contributed by atoms with Gasteiger partial charge in [-0.1, -0.05) is 84.6 Å². The van der Waals surface area contributed by atoms with E-state index in [0.29, 0.717) is 16.9 Å². The molecule has 0 radical (unpaired) electrons. The molecule has 242 valence electrons. The summed E-state index contributed by atoms with van der Waals surface area (Å²) >= 11 is 1.47. The minimum absolute atomic E-state index is 0.0402. The minimum atomic E-state index is -1.22. The molecule has 0 aliphatic heterocycles. The van der Waals surface area contributed by atoms with Crippen molar-refractivity contribution in [2.75, 3.05) is 0 Å². The van der Waals surface area contributed by atoms with Crippen LogP contribution in [-0.4, -0.2) is 28.1 Å². The molecule has 2 N–H and O–H groups in total. The summed E-state index contributed by atoms with van der Waals surface area (Å²) in [6, 6.07) is 42.8. The second-order valence-corrected chi connectivity index (χ2v) is 11.9. The average molecular weight is 669 g/mol. The van der Waals surface area contributed by atoms with Crippen molar-refractivity contribution in [2.24, 2.45) is 0 Å². The fraction of sp³-hybridized carbons (Fsp3) is 0.0250. The van der Waals surface area contributed by atoms with Crippen LogP contribution in [0.3, 0.4) is 0 Å². The minimum Gasteiger partial charge on any atom is -0.478 e. The Morgan fingerprint density at radius 3 is 1.57 bits per heavy atom. The van der Waals surface area contributed by atoms with E-state index in [9.17, 15) is 24.6 Å². The highest BCUT2D eigenvalue weighted by Crippen LogP contribution is 2.31. The summed E-state index contributed by atoms with van der Waals surface area (Å²) in [5.74, 6) is -2.32. The molecule has 6 rings (SSSR count). The second kappa shape index (κ2) is 15.2. The van der Waals surface area contributed by atoms with E-state index >= 15 is 0 Å². The van der Waals surface area contributed by atoms with E-state index in [2.05, 4.69) is 0 Å². The van der Waals surface area contributed by atoms with Crippen LogP contribution in [0.2, 0.25) is 0 Å². The molecule has 0 aromatic heterocycles. The molecule has 0 saturated carbocycles. The van der Waals surface area contributed by atoms with Gasteiger partial charge in [0.1, 0.15) is 12.4 Å². The Balaban J connectivity index is 1.05. The predicted octanol–water partition coefficient (Wildman–Crippen LogP) is 9.30. The van der Waals surface area contributed by atoms with Crippen molar-refractivity contribution in [2.45, 2.75) is 16.4 Å². The number of ether oxygens (including phenoxy) is 1. The van der Waals surface area contributed by atoms with Crippen molar-refractivity contribution in [3.05, 3.63) is 168 Å². The molecule has 0 fully saturated rings. The molecule has 9 heteroatoms. The predicted molar refractivity (Wildman–Crippen MR) is 185 cm³/mol. The molecule has 0 atom stereocenters. The first-order valence-corrected chi connectivity index (χ1v) is 15.9. The smallest absolute Gasteiger partial charge is 0.344 e. The van der Waals surface area contributed by atoms with Gasteiger partial charge in [-0.3, -0.25) is 0 Å². The topological polar surface area (TPSA) is 119 Å². The molecule has 0 aliphatic carbocycles. The van der Waals surface area contributed by atoms with Gasteiger partial charge in [0.05, 0.1) is 16.7 Å². The highest BCUT2D eigenvalue weighted by atomic mass is 32.2. The van der Waals surface area contributed by atoms with E-state index in [4.69, 9.17) is 14.5 Å². The SMILES string of the molecule is O=C(O)c1ccc(-c2ccccc2)cc1COOc1ccc(Sc2ccc(OC(=O)c3cc(-c4ccccc4)ccc3C(=O)O)cc2)cc1. The van der Waals surface area contributed by atoms with Gasteiger partial charge in [-0.2, -0.15) is 4.89 Å². The Labute approximate surface area is 286 Å². The summed E-state index contributed by atoms with van der Waals surface area (Å²) < 4.78 is 5.55. The van der Waals surface area contributed by atoms with Crippen molar-refractivity contribution in [3.8, 4) is 33.8 Å². The largest absolute Gasteiger partial charge is 0.478 e. The van der Waals surface area contributed by atoms with Gasteiger partial charge < -0.3 is 19.8 Å². The summed E-state index contributed by atoms with van der Waals surface area (Å²) in [4.78, 5) is 49.3. The molecule has 0 saturated heterocycles. The lowest BCUT2D eigenvalue weighted by Crippen LogP contribution is -2.14. The average Bonchev–Trinajstić information content (AvgIpc) is 3.13. The zero-order chi connectivity index (χ0) is 34.2. The molecule has 0 amide bonds. The maximum Gasteiger partial charge on any atom is 0.344 e. The maximum atomic E-state index is 13.1. The number of esters is 1. The van der Waals surface area contributed by atoms with Gasteiger partial charge in [-0.05, 0) is 101 Å². The van der Waals surface area contributed by atoms with Crippen LogP contribution in [0.1, 0.15) is 36.6 Å². The first-order valence-electron chi connectivity index (χ1n) is 15.1. The highest BCUT2D eigenvalue weighted by molar-refractivity contribution is 7.99. The molecule has 0 unspecified atom stereocenters. The molecule has 6 aromatic carbocycles. The fourth-order valence-electron chi connectivity index (χ4n) is 5.04. The van der Waals surface area contributed by atoms with Crippen molar-refractivity contribution < 1.29 is 39.1 Å². The van der Waals surface area contributed by atoms with Crippen molar-refractivity contribution >= 4 is 29.7 Å². The summed E-state index contributed by atoms with van der Waals surface area (Å²) in [5.41, 5.74) is 3.83. The summed E-state index contributed by atoms with van der Waals surface area (Å²) in [6.45, 7) is -0.0637. The molecule has 6 aromatic rings. The summed E-state index contributed by atoms with van der Waals surface area (Å²) in [5, 5.41) is 19.3. The van der Waals surface area contributed by atoms with Crippen LogP contribution >= 0.6 is 11.8 Å². The van der Waals surface area contributed by atoms with Gasteiger partial charge in [0.25, 0.3) is 0 Å². The van der Waals surface area contributed by atoms with Gasteiger partial charge >= 0.3 is 17.9 Å². The van der Waals surface area contributed by atoms with Crippen molar-refractivity contribution in [1.82, 2.24) is 0 Å². The monoisotopic (exact) mass is 668 g/mol. The van der Waals surface area contributed by atoms with E-state index in [1.807, 2.05) is 72.8 Å². The zero-order valence-electron chi connectivity index (χ0n) is 25.8. The van der Waals surface area contributed by atoms with E-state index in [0.717, 1.165) is 26.5 Å². The van der Waals surface area contributed by atoms with Crippen LogP contribution in [0.4, 0.5) is 0 Å². The Bertz CT molecular complexity index is 2100. The van der Waals surface area contributed by atoms with Crippen LogP contribution in [-0.2, 0) is 11.5 Å². The zero-order valence-corrected chi connectivity index (χ0v) is 26.6. The van der Waals surface area contributed by atoms with Crippen LogP contribution in [0.25, 0.3) is 22.3 Å². The summed E-state index contributed by atoms with van der Waals surface area (Å²) in [6.07, 6.45) is 0. The Hall–Kier alpha value is -6.16.